The molecule has 0 amide bonds. The average Bonchev–Trinajstić information content (AvgIpc) is 2.17. The molecule has 0 spiro atoms. The average molecular weight is 263 g/mol. The first-order valence-corrected chi connectivity index (χ1v) is 5.21. The van der Waals surface area contributed by atoms with Crippen LogP contribution in [-0.4, -0.2) is 25.0 Å². The highest BCUT2D eigenvalue weighted by atomic mass is 35.5. The first kappa shape index (κ1) is 15.6. The van der Waals surface area contributed by atoms with Crippen molar-refractivity contribution in [2.45, 2.75) is 25.3 Å². The molecule has 2 N–H and O–H groups in total. The third-order valence-electron chi connectivity index (χ3n) is 3.22. The molecule has 2 nitrogen and oxygen atoms in total. The van der Waals surface area contributed by atoms with Gasteiger partial charge in [0.2, 0.25) is 0 Å². The van der Waals surface area contributed by atoms with Gasteiger partial charge in [-0.1, -0.05) is 12.1 Å². The van der Waals surface area contributed by atoms with Crippen molar-refractivity contribution in [3.8, 4) is 0 Å². The topological polar surface area (TPSA) is 29.3 Å². The number of fused-ring (bicyclic) bond motifs is 1. The molecule has 0 saturated heterocycles. The van der Waals surface area contributed by atoms with Crippen LogP contribution in [0, 0.1) is 0 Å². The second-order valence-electron chi connectivity index (χ2n) is 4.35. The lowest BCUT2D eigenvalue weighted by Gasteiger charge is -2.30. The Bertz CT molecular complexity index is 340. The lowest BCUT2D eigenvalue weighted by atomic mass is 9.87. The zero-order chi connectivity index (χ0) is 10.1. The Labute approximate surface area is 110 Å². The van der Waals surface area contributed by atoms with E-state index in [0.717, 1.165) is 18.5 Å². The Balaban J connectivity index is 0.00000112. The van der Waals surface area contributed by atoms with E-state index in [2.05, 4.69) is 31.1 Å². The lowest BCUT2D eigenvalue weighted by Crippen LogP contribution is -2.33. The van der Waals surface area contributed by atoms with Crippen molar-refractivity contribution in [2.75, 3.05) is 19.8 Å². The molecule has 1 aromatic rings. The molecule has 1 atom stereocenters. The van der Waals surface area contributed by atoms with Gasteiger partial charge in [0.25, 0.3) is 0 Å². The van der Waals surface area contributed by atoms with Crippen molar-refractivity contribution in [1.29, 1.82) is 0 Å². The molecule has 92 valence electrons. The Kier molecular flexibility index (Phi) is 6.16. The highest BCUT2D eigenvalue weighted by Gasteiger charge is 2.20. The van der Waals surface area contributed by atoms with E-state index in [1.807, 2.05) is 6.07 Å². The SMILES string of the molecule is CN(C)C1CCc2c(N)cccc2C1.Cl.Cl. The van der Waals surface area contributed by atoms with Gasteiger partial charge >= 0.3 is 0 Å². The van der Waals surface area contributed by atoms with Crippen molar-refractivity contribution in [1.82, 2.24) is 4.90 Å². The van der Waals surface area contributed by atoms with Crippen molar-refractivity contribution < 1.29 is 0 Å². The molecule has 0 fully saturated rings. The molecule has 4 heteroatoms. The maximum absolute atomic E-state index is 5.95. The number of benzene rings is 1. The van der Waals surface area contributed by atoms with Crippen LogP contribution in [0.5, 0.6) is 0 Å². The molecule has 0 heterocycles. The van der Waals surface area contributed by atoms with Crippen molar-refractivity contribution in [3.63, 3.8) is 0 Å². The number of hydrogen-bond acceptors (Lipinski definition) is 2. The third-order valence-corrected chi connectivity index (χ3v) is 3.22. The van der Waals surface area contributed by atoms with Crippen molar-refractivity contribution >= 4 is 30.5 Å². The van der Waals surface area contributed by atoms with E-state index < -0.39 is 0 Å². The summed E-state index contributed by atoms with van der Waals surface area (Å²) in [7, 11) is 4.31. The number of rotatable bonds is 1. The van der Waals surface area contributed by atoms with Crippen LogP contribution in [0.25, 0.3) is 0 Å². The third kappa shape index (κ3) is 3.03. The minimum Gasteiger partial charge on any atom is -0.398 e. The summed E-state index contributed by atoms with van der Waals surface area (Å²) in [4.78, 5) is 2.31. The minimum absolute atomic E-state index is 0. The van der Waals surface area contributed by atoms with Gasteiger partial charge in [0.05, 0.1) is 0 Å². The molecule has 0 bridgehead atoms. The molecule has 1 aliphatic rings. The molecule has 1 aromatic carbocycles. The number of hydrogen-bond donors (Lipinski definition) is 1. The van der Waals surface area contributed by atoms with E-state index in [-0.39, 0.29) is 24.8 Å². The zero-order valence-corrected chi connectivity index (χ0v) is 11.4. The second kappa shape index (κ2) is 6.33. The van der Waals surface area contributed by atoms with Gasteiger partial charge in [-0.3, -0.25) is 0 Å². The van der Waals surface area contributed by atoms with Gasteiger partial charge in [0.1, 0.15) is 0 Å². The summed E-state index contributed by atoms with van der Waals surface area (Å²) in [5.74, 6) is 0. The molecule has 0 aliphatic heterocycles. The molecular weight excluding hydrogens is 243 g/mol. The fourth-order valence-electron chi connectivity index (χ4n) is 2.26. The van der Waals surface area contributed by atoms with Gasteiger partial charge in [-0.15, -0.1) is 24.8 Å². The minimum atomic E-state index is 0. The molecule has 2 rings (SSSR count). The van der Waals surface area contributed by atoms with Crippen LogP contribution in [0.3, 0.4) is 0 Å². The molecule has 1 aliphatic carbocycles. The molecule has 0 saturated carbocycles. The van der Waals surface area contributed by atoms with Crippen LogP contribution in [0.2, 0.25) is 0 Å². The molecule has 0 aromatic heterocycles. The van der Waals surface area contributed by atoms with Crippen molar-refractivity contribution in [3.05, 3.63) is 29.3 Å². The maximum atomic E-state index is 5.95. The number of nitrogens with zero attached hydrogens (tertiary/aromatic N) is 1. The first-order valence-electron chi connectivity index (χ1n) is 5.21. The highest BCUT2D eigenvalue weighted by Crippen LogP contribution is 2.27. The standard InChI is InChI=1S/C12H18N2.2ClH/c1-14(2)10-6-7-11-9(8-10)4-3-5-12(11)13;;/h3-5,10H,6-8,13H2,1-2H3;2*1H. The highest BCUT2D eigenvalue weighted by molar-refractivity contribution is 5.85. The Morgan fingerprint density at radius 3 is 2.56 bits per heavy atom. The quantitative estimate of drug-likeness (QED) is 0.789. The van der Waals surface area contributed by atoms with Gasteiger partial charge in [-0.2, -0.15) is 0 Å². The van der Waals surface area contributed by atoms with Gasteiger partial charge < -0.3 is 10.6 Å². The molecule has 16 heavy (non-hydrogen) atoms. The van der Waals surface area contributed by atoms with E-state index >= 15 is 0 Å². The van der Waals surface area contributed by atoms with Crippen LogP contribution in [-0.2, 0) is 12.8 Å². The summed E-state index contributed by atoms with van der Waals surface area (Å²) in [6, 6.07) is 6.96. The molecular formula is C12H20Cl2N2. The maximum Gasteiger partial charge on any atom is 0.0349 e. The Morgan fingerprint density at radius 1 is 1.25 bits per heavy atom. The summed E-state index contributed by atoms with van der Waals surface area (Å²) < 4.78 is 0. The van der Waals surface area contributed by atoms with Gasteiger partial charge in [0.15, 0.2) is 0 Å². The van der Waals surface area contributed by atoms with Crippen LogP contribution in [0.15, 0.2) is 18.2 Å². The summed E-state index contributed by atoms with van der Waals surface area (Å²) in [5.41, 5.74) is 9.74. The number of nitrogen functional groups attached to an aromatic ring is 1. The Hall–Kier alpha value is -0.440. The summed E-state index contributed by atoms with van der Waals surface area (Å²) in [6.45, 7) is 0. The van der Waals surface area contributed by atoms with E-state index in [4.69, 9.17) is 5.73 Å². The predicted octanol–water partition coefficient (Wildman–Crippen LogP) is 2.53. The monoisotopic (exact) mass is 262 g/mol. The number of anilines is 1. The normalized spacial score (nSPS) is 18.3. The fourth-order valence-corrected chi connectivity index (χ4v) is 2.26. The molecule has 0 radical (unpaired) electrons. The largest absolute Gasteiger partial charge is 0.398 e. The van der Waals surface area contributed by atoms with Gasteiger partial charge in [0, 0.05) is 11.7 Å². The van der Waals surface area contributed by atoms with E-state index in [1.54, 1.807) is 0 Å². The number of halogens is 2. The number of likely N-dealkylation sites (N-methyl/N-ethyl adjacent to an activating group) is 1. The van der Waals surface area contributed by atoms with E-state index in [1.165, 1.54) is 17.5 Å². The molecule has 1 unspecified atom stereocenters. The van der Waals surface area contributed by atoms with Crippen LogP contribution < -0.4 is 5.73 Å². The van der Waals surface area contributed by atoms with Crippen LogP contribution in [0.4, 0.5) is 5.69 Å². The number of nitrogens with two attached hydrogens (primary N) is 1. The summed E-state index contributed by atoms with van der Waals surface area (Å²) in [5, 5.41) is 0. The van der Waals surface area contributed by atoms with Crippen molar-refractivity contribution in [2.24, 2.45) is 0 Å². The lowest BCUT2D eigenvalue weighted by molar-refractivity contribution is 0.268. The van der Waals surface area contributed by atoms with Gasteiger partial charge in [-0.05, 0) is 50.6 Å². The van der Waals surface area contributed by atoms with E-state index in [9.17, 15) is 0 Å². The predicted molar refractivity (Wildman–Crippen MR) is 74.9 cm³/mol. The smallest absolute Gasteiger partial charge is 0.0349 e. The van der Waals surface area contributed by atoms with E-state index in [0.29, 0.717) is 6.04 Å². The summed E-state index contributed by atoms with van der Waals surface area (Å²) >= 11 is 0. The van der Waals surface area contributed by atoms with Crippen LogP contribution in [0.1, 0.15) is 17.5 Å². The first-order chi connectivity index (χ1) is 6.68. The van der Waals surface area contributed by atoms with Crippen LogP contribution >= 0.6 is 24.8 Å². The zero-order valence-electron chi connectivity index (χ0n) is 9.77. The fraction of sp³-hybridized carbons (Fsp3) is 0.500. The van der Waals surface area contributed by atoms with Gasteiger partial charge in [-0.25, -0.2) is 0 Å². The Morgan fingerprint density at radius 2 is 1.94 bits per heavy atom. The second-order valence-corrected chi connectivity index (χ2v) is 4.35. The summed E-state index contributed by atoms with van der Waals surface area (Å²) in [6.07, 6.45) is 3.51.